The summed E-state index contributed by atoms with van der Waals surface area (Å²) in [5, 5.41) is 7.24. The second-order valence-corrected chi connectivity index (χ2v) is 5.71. The van der Waals surface area contributed by atoms with E-state index in [-0.39, 0.29) is 0 Å². The van der Waals surface area contributed by atoms with Gasteiger partial charge in [-0.2, -0.15) is 0 Å². The Kier molecular flexibility index (Phi) is 4.64. The van der Waals surface area contributed by atoms with E-state index in [4.69, 9.17) is 12.2 Å². The van der Waals surface area contributed by atoms with E-state index < -0.39 is 0 Å². The summed E-state index contributed by atoms with van der Waals surface area (Å²) in [6.07, 6.45) is 2.47. The lowest BCUT2D eigenvalue weighted by Crippen LogP contribution is -2.31. The highest BCUT2D eigenvalue weighted by molar-refractivity contribution is 7.80. The summed E-state index contributed by atoms with van der Waals surface area (Å²) in [5.41, 5.74) is 2.30. The standard InChI is InChI=1S/C15H23N3S/c1-4-18(11(2)3)14-9-7-13(8-10-14)17-15(19)16-12-5-6-12/h7-12H,4-6H2,1-3H3,(H2,16,17,19). The first kappa shape index (κ1) is 14.1. The van der Waals surface area contributed by atoms with Gasteiger partial charge in [0.2, 0.25) is 0 Å². The van der Waals surface area contributed by atoms with Gasteiger partial charge in [0.1, 0.15) is 0 Å². The van der Waals surface area contributed by atoms with Gasteiger partial charge in [-0.25, -0.2) is 0 Å². The largest absolute Gasteiger partial charge is 0.369 e. The number of rotatable bonds is 5. The molecule has 0 aliphatic heterocycles. The second kappa shape index (κ2) is 6.24. The molecule has 0 unspecified atom stereocenters. The van der Waals surface area contributed by atoms with Gasteiger partial charge in [-0.15, -0.1) is 0 Å². The molecule has 1 saturated carbocycles. The first-order valence-corrected chi connectivity index (χ1v) is 7.45. The highest BCUT2D eigenvalue weighted by atomic mass is 32.1. The molecule has 2 N–H and O–H groups in total. The Labute approximate surface area is 121 Å². The van der Waals surface area contributed by atoms with Crippen molar-refractivity contribution >= 4 is 28.7 Å². The van der Waals surface area contributed by atoms with E-state index in [1.807, 2.05) is 0 Å². The van der Waals surface area contributed by atoms with Crippen molar-refractivity contribution < 1.29 is 0 Å². The quantitative estimate of drug-likeness (QED) is 0.807. The van der Waals surface area contributed by atoms with Gasteiger partial charge < -0.3 is 15.5 Å². The summed E-state index contributed by atoms with van der Waals surface area (Å²) in [5.74, 6) is 0. The Morgan fingerprint density at radius 1 is 1.32 bits per heavy atom. The zero-order valence-electron chi connectivity index (χ0n) is 11.9. The summed E-state index contributed by atoms with van der Waals surface area (Å²) in [4.78, 5) is 2.37. The Bertz CT molecular complexity index is 424. The van der Waals surface area contributed by atoms with Crippen LogP contribution in [-0.4, -0.2) is 23.7 Å². The van der Waals surface area contributed by atoms with Gasteiger partial charge >= 0.3 is 0 Å². The van der Waals surface area contributed by atoms with Crippen LogP contribution in [0.5, 0.6) is 0 Å². The van der Waals surface area contributed by atoms with E-state index in [0.717, 1.165) is 17.3 Å². The minimum atomic E-state index is 0.515. The van der Waals surface area contributed by atoms with Crippen LogP contribution in [0.15, 0.2) is 24.3 Å². The molecule has 0 heterocycles. The van der Waals surface area contributed by atoms with Crippen molar-refractivity contribution in [2.45, 2.75) is 45.7 Å². The molecule has 4 heteroatoms. The average Bonchev–Trinajstić information content (AvgIpc) is 3.15. The molecule has 1 aromatic carbocycles. The third kappa shape index (κ3) is 4.10. The first-order chi connectivity index (χ1) is 9.10. The zero-order valence-corrected chi connectivity index (χ0v) is 12.8. The van der Waals surface area contributed by atoms with Crippen LogP contribution < -0.4 is 15.5 Å². The van der Waals surface area contributed by atoms with E-state index in [0.29, 0.717) is 12.1 Å². The van der Waals surface area contributed by atoms with E-state index in [1.54, 1.807) is 0 Å². The highest BCUT2D eigenvalue weighted by Crippen LogP contribution is 2.21. The Morgan fingerprint density at radius 3 is 2.42 bits per heavy atom. The Hall–Kier alpha value is -1.29. The SMILES string of the molecule is CCN(c1ccc(NC(=S)NC2CC2)cc1)C(C)C. The summed E-state index contributed by atoms with van der Waals surface area (Å²) < 4.78 is 0. The molecule has 0 amide bonds. The van der Waals surface area contributed by atoms with Gasteiger partial charge in [-0.05, 0) is 70.1 Å². The number of nitrogens with zero attached hydrogens (tertiary/aromatic N) is 1. The van der Waals surface area contributed by atoms with Crippen LogP contribution in [0.4, 0.5) is 11.4 Å². The van der Waals surface area contributed by atoms with Crippen molar-refractivity contribution in [1.29, 1.82) is 0 Å². The second-order valence-electron chi connectivity index (χ2n) is 5.30. The summed E-state index contributed by atoms with van der Waals surface area (Å²) >= 11 is 5.27. The maximum absolute atomic E-state index is 5.27. The number of hydrogen-bond donors (Lipinski definition) is 2. The van der Waals surface area contributed by atoms with Gasteiger partial charge in [0.15, 0.2) is 5.11 Å². The van der Waals surface area contributed by atoms with Crippen molar-refractivity contribution in [3.63, 3.8) is 0 Å². The Morgan fingerprint density at radius 2 is 1.95 bits per heavy atom. The minimum Gasteiger partial charge on any atom is -0.369 e. The average molecular weight is 277 g/mol. The summed E-state index contributed by atoms with van der Waals surface area (Å²) in [6.45, 7) is 7.63. The molecule has 3 nitrogen and oxygen atoms in total. The lowest BCUT2D eigenvalue weighted by molar-refractivity contribution is 0.704. The van der Waals surface area contributed by atoms with Gasteiger partial charge in [0, 0.05) is 30.0 Å². The molecule has 2 rings (SSSR count). The molecule has 19 heavy (non-hydrogen) atoms. The molecule has 0 radical (unpaired) electrons. The smallest absolute Gasteiger partial charge is 0.170 e. The maximum atomic E-state index is 5.27. The zero-order chi connectivity index (χ0) is 13.8. The monoisotopic (exact) mass is 277 g/mol. The van der Waals surface area contributed by atoms with Crippen LogP contribution in [-0.2, 0) is 0 Å². The van der Waals surface area contributed by atoms with Crippen LogP contribution in [0.25, 0.3) is 0 Å². The molecule has 1 aromatic rings. The van der Waals surface area contributed by atoms with Crippen LogP contribution in [0.3, 0.4) is 0 Å². The van der Waals surface area contributed by atoms with Crippen LogP contribution in [0, 0.1) is 0 Å². The third-order valence-electron chi connectivity index (χ3n) is 3.33. The van der Waals surface area contributed by atoms with E-state index >= 15 is 0 Å². The molecule has 0 aromatic heterocycles. The normalized spacial score (nSPS) is 14.3. The number of anilines is 2. The van der Waals surface area contributed by atoms with Gasteiger partial charge in [-0.1, -0.05) is 0 Å². The first-order valence-electron chi connectivity index (χ1n) is 7.04. The third-order valence-corrected chi connectivity index (χ3v) is 3.55. The van der Waals surface area contributed by atoms with Crippen molar-refractivity contribution in [3.05, 3.63) is 24.3 Å². The van der Waals surface area contributed by atoms with Crippen molar-refractivity contribution in [2.24, 2.45) is 0 Å². The molecule has 0 saturated heterocycles. The van der Waals surface area contributed by atoms with E-state index in [2.05, 4.69) is 60.6 Å². The number of nitrogens with one attached hydrogen (secondary N) is 2. The van der Waals surface area contributed by atoms with Gasteiger partial charge in [0.25, 0.3) is 0 Å². The predicted molar refractivity (Wildman–Crippen MR) is 87.0 cm³/mol. The van der Waals surface area contributed by atoms with E-state index in [9.17, 15) is 0 Å². The molecule has 1 aliphatic carbocycles. The molecular formula is C15H23N3S. The Balaban J connectivity index is 1.95. The van der Waals surface area contributed by atoms with Gasteiger partial charge in [-0.3, -0.25) is 0 Å². The molecule has 0 bridgehead atoms. The molecule has 104 valence electrons. The van der Waals surface area contributed by atoms with Crippen molar-refractivity contribution in [2.75, 3.05) is 16.8 Å². The fraction of sp³-hybridized carbons (Fsp3) is 0.533. The number of benzene rings is 1. The number of thiocarbonyl (C=S) groups is 1. The summed E-state index contributed by atoms with van der Waals surface area (Å²) in [7, 11) is 0. The van der Waals surface area contributed by atoms with Crippen LogP contribution >= 0.6 is 12.2 Å². The summed E-state index contributed by atoms with van der Waals surface area (Å²) in [6, 6.07) is 9.57. The maximum Gasteiger partial charge on any atom is 0.170 e. The predicted octanol–water partition coefficient (Wildman–Crippen LogP) is 3.37. The van der Waals surface area contributed by atoms with Crippen molar-refractivity contribution in [1.82, 2.24) is 5.32 Å². The fourth-order valence-corrected chi connectivity index (χ4v) is 2.45. The molecule has 0 atom stereocenters. The number of hydrogen-bond acceptors (Lipinski definition) is 2. The minimum absolute atomic E-state index is 0.515. The van der Waals surface area contributed by atoms with Crippen LogP contribution in [0.2, 0.25) is 0 Å². The van der Waals surface area contributed by atoms with Gasteiger partial charge in [0.05, 0.1) is 0 Å². The van der Waals surface area contributed by atoms with Crippen molar-refractivity contribution in [3.8, 4) is 0 Å². The highest BCUT2D eigenvalue weighted by Gasteiger charge is 2.21. The molecule has 0 spiro atoms. The lowest BCUT2D eigenvalue weighted by atomic mass is 10.2. The van der Waals surface area contributed by atoms with E-state index in [1.165, 1.54) is 18.5 Å². The molecule has 1 fully saturated rings. The fourth-order valence-electron chi connectivity index (χ4n) is 2.16. The molecular weight excluding hydrogens is 254 g/mol. The molecule has 1 aliphatic rings. The van der Waals surface area contributed by atoms with Crippen LogP contribution in [0.1, 0.15) is 33.6 Å². The topological polar surface area (TPSA) is 27.3 Å². The lowest BCUT2D eigenvalue weighted by Gasteiger charge is -2.27.